The van der Waals surface area contributed by atoms with Crippen LogP contribution in [0.5, 0.6) is 0 Å². The molecule has 0 saturated heterocycles. The topological polar surface area (TPSA) is 0 Å². The molecule has 2 aliphatic carbocycles. The first kappa shape index (κ1) is 20.0. The summed E-state index contributed by atoms with van der Waals surface area (Å²) in [5.41, 5.74) is 9.14. The van der Waals surface area contributed by atoms with Crippen molar-refractivity contribution in [3.05, 3.63) is 63.8 Å². The van der Waals surface area contributed by atoms with Crippen LogP contribution in [0.1, 0.15) is 28.7 Å². The van der Waals surface area contributed by atoms with Crippen molar-refractivity contribution in [2.24, 2.45) is 0 Å². The first-order valence-electron chi connectivity index (χ1n) is 7.13. The molecule has 0 fully saturated rings. The molecule has 0 bridgehead atoms. The molecule has 4 heteroatoms. The van der Waals surface area contributed by atoms with Gasteiger partial charge in [0.25, 0.3) is 0 Å². The molecule has 0 amide bonds. The summed E-state index contributed by atoms with van der Waals surface area (Å²) in [5.74, 6) is 0. The van der Waals surface area contributed by atoms with E-state index in [4.69, 9.17) is 0 Å². The van der Waals surface area contributed by atoms with Crippen LogP contribution in [-0.2, 0) is 24.7 Å². The molecule has 0 aromatic heterocycles. The van der Waals surface area contributed by atoms with Crippen molar-refractivity contribution in [2.75, 3.05) is 0 Å². The van der Waals surface area contributed by atoms with Crippen molar-refractivity contribution >= 4 is 16.9 Å². The number of fused-ring (bicyclic) bond motifs is 1. The van der Waals surface area contributed by atoms with Gasteiger partial charge in [-0.05, 0) is 0 Å². The van der Waals surface area contributed by atoms with Gasteiger partial charge < -0.3 is 24.8 Å². The Hall–Kier alpha value is -0.0100. The summed E-state index contributed by atoms with van der Waals surface area (Å²) >= 11 is 1.55. The van der Waals surface area contributed by atoms with E-state index in [1.165, 1.54) is 16.7 Å². The van der Waals surface area contributed by atoms with E-state index in [2.05, 4.69) is 57.3 Å². The zero-order valence-electron chi connectivity index (χ0n) is 13.3. The third-order valence-corrected chi connectivity index (χ3v) is 6.94. The Morgan fingerprint density at radius 3 is 2.09 bits per heavy atom. The molecular weight excluding hydrogens is 406 g/mol. The van der Waals surface area contributed by atoms with Gasteiger partial charge in [-0.2, -0.15) is 0 Å². The average Bonchev–Trinajstić information content (AvgIpc) is 2.99. The Morgan fingerprint density at radius 2 is 1.59 bits per heavy atom. The molecule has 0 radical (unpaired) electrons. The molecule has 0 aliphatic heterocycles. The van der Waals surface area contributed by atoms with Crippen LogP contribution in [0.3, 0.4) is 0 Å². The summed E-state index contributed by atoms with van der Waals surface area (Å²) < 4.78 is 1.59. The Kier molecular flexibility index (Phi) is 7.02. The SMILES string of the molecule is Cc1ccc(C)c2c1[C]([Zr+2])=C(C1=CC=CC1)C2=[Si](C)C.[Cl-].[Cl-]. The Balaban J connectivity index is 0.00000121. The molecule has 0 unspecified atom stereocenters. The maximum absolute atomic E-state index is 2.43. The Bertz CT molecular complexity index is 736. The van der Waals surface area contributed by atoms with E-state index in [9.17, 15) is 0 Å². The van der Waals surface area contributed by atoms with Crippen LogP contribution in [0.15, 0.2) is 41.5 Å². The second kappa shape index (κ2) is 7.71. The van der Waals surface area contributed by atoms with Gasteiger partial charge in [-0.15, -0.1) is 0 Å². The minimum absolute atomic E-state index is 0. The minimum Gasteiger partial charge on any atom is -1.00 e. The molecule has 113 valence electrons. The molecule has 2 aliphatic rings. The first-order valence-corrected chi connectivity index (χ1v) is 10.9. The fourth-order valence-electron chi connectivity index (χ4n) is 3.28. The normalized spacial score (nSPS) is 15.4. The van der Waals surface area contributed by atoms with Gasteiger partial charge in [-0.25, -0.2) is 0 Å². The summed E-state index contributed by atoms with van der Waals surface area (Å²) in [7, 11) is -0.475. The minimum atomic E-state index is -0.475. The number of rotatable bonds is 1. The Labute approximate surface area is 162 Å². The van der Waals surface area contributed by atoms with E-state index >= 15 is 0 Å². The summed E-state index contributed by atoms with van der Waals surface area (Å²) in [4.78, 5) is 0. The molecule has 0 atom stereocenters. The molecule has 0 nitrogen and oxygen atoms in total. The van der Waals surface area contributed by atoms with E-state index in [1.807, 2.05) is 0 Å². The van der Waals surface area contributed by atoms with Gasteiger partial charge in [0, 0.05) is 0 Å². The molecule has 3 rings (SSSR count). The smallest absolute Gasteiger partial charge is 1.00 e. The molecule has 0 N–H and O–H groups in total. The number of allylic oxidation sites excluding steroid dienone is 5. The van der Waals surface area contributed by atoms with Crippen LogP contribution in [-0.4, -0.2) is 13.6 Å². The van der Waals surface area contributed by atoms with E-state index in [-0.39, 0.29) is 24.8 Å². The van der Waals surface area contributed by atoms with Crippen molar-refractivity contribution in [1.82, 2.24) is 0 Å². The van der Waals surface area contributed by atoms with Crippen molar-refractivity contribution < 1.29 is 49.5 Å². The van der Waals surface area contributed by atoms with Crippen LogP contribution in [0, 0.1) is 13.8 Å². The number of halogens is 2. The molecule has 22 heavy (non-hydrogen) atoms. The molecule has 0 spiro atoms. The van der Waals surface area contributed by atoms with Crippen LogP contribution in [0.4, 0.5) is 0 Å². The van der Waals surface area contributed by atoms with Gasteiger partial charge in [-0.1, -0.05) is 0 Å². The van der Waals surface area contributed by atoms with Crippen LogP contribution in [0.25, 0.3) is 3.28 Å². The fourth-order valence-corrected chi connectivity index (χ4v) is 6.69. The summed E-state index contributed by atoms with van der Waals surface area (Å²) in [6, 6.07) is 4.59. The van der Waals surface area contributed by atoms with Crippen LogP contribution in [0.2, 0.25) is 13.1 Å². The second-order valence-corrected chi connectivity index (χ2v) is 9.63. The third-order valence-electron chi connectivity index (χ3n) is 4.21. The fraction of sp³-hybridized carbons (Fsp3) is 0.278. The monoisotopic (exact) mass is 423 g/mol. The van der Waals surface area contributed by atoms with Gasteiger partial charge in [0.15, 0.2) is 0 Å². The molecule has 0 saturated carbocycles. The Morgan fingerprint density at radius 1 is 1.00 bits per heavy atom. The standard InChI is InChI=1S/C18H19Si.2ClH.Zr/c1-12-9-10-13(2)17-15(12)11-16(18(17)19(3)4)14-7-5-6-8-14;;;/h5-7,9-10H,8H2,1-4H3;2*1H;/q;;;+2/p-2. The van der Waals surface area contributed by atoms with Crippen LogP contribution < -0.4 is 24.8 Å². The maximum Gasteiger partial charge on any atom is -1.00 e. The third kappa shape index (κ3) is 3.13. The molecule has 0 heterocycles. The number of hydrogen-bond donors (Lipinski definition) is 0. The van der Waals surface area contributed by atoms with E-state index in [1.54, 1.807) is 49.9 Å². The van der Waals surface area contributed by atoms with E-state index < -0.39 is 8.41 Å². The summed E-state index contributed by atoms with van der Waals surface area (Å²) in [6.07, 6.45) is 7.92. The van der Waals surface area contributed by atoms with Crippen molar-refractivity contribution in [3.63, 3.8) is 0 Å². The number of hydrogen-bond acceptors (Lipinski definition) is 0. The number of benzene rings is 1. The zero-order valence-corrected chi connectivity index (χ0v) is 18.3. The summed E-state index contributed by atoms with van der Waals surface area (Å²) in [5, 5.41) is 1.67. The number of aryl methyl sites for hydroxylation is 2. The van der Waals surface area contributed by atoms with Gasteiger partial charge in [0.1, 0.15) is 0 Å². The van der Waals surface area contributed by atoms with Gasteiger partial charge >= 0.3 is 139 Å². The van der Waals surface area contributed by atoms with Crippen molar-refractivity contribution in [2.45, 2.75) is 33.4 Å². The van der Waals surface area contributed by atoms with Crippen molar-refractivity contribution in [1.29, 1.82) is 0 Å². The summed E-state index contributed by atoms with van der Waals surface area (Å²) in [6.45, 7) is 9.41. The quantitative estimate of drug-likeness (QED) is 0.472. The van der Waals surface area contributed by atoms with Gasteiger partial charge in [-0.3, -0.25) is 0 Å². The molecule has 1 aromatic rings. The predicted molar refractivity (Wildman–Crippen MR) is 86.3 cm³/mol. The average molecular weight is 426 g/mol. The maximum atomic E-state index is 2.43. The van der Waals surface area contributed by atoms with E-state index in [0.29, 0.717) is 0 Å². The van der Waals surface area contributed by atoms with Gasteiger partial charge in [0.05, 0.1) is 0 Å². The zero-order chi connectivity index (χ0) is 14.4. The predicted octanol–water partition coefficient (Wildman–Crippen LogP) is -1.67. The largest absolute Gasteiger partial charge is 1.00 e. The van der Waals surface area contributed by atoms with Crippen LogP contribution >= 0.6 is 0 Å². The second-order valence-electron chi connectivity index (χ2n) is 5.90. The van der Waals surface area contributed by atoms with E-state index in [0.717, 1.165) is 6.42 Å². The van der Waals surface area contributed by atoms with Gasteiger partial charge in [0.2, 0.25) is 0 Å². The van der Waals surface area contributed by atoms with Crippen molar-refractivity contribution in [3.8, 4) is 0 Å². The first-order chi connectivity index (χ1) is 9.52. The molecular formula is C18H19Cl2SiZr. The molecule has 1 aromatic carbocycles.